The molecule has 0 saturated carbocycles. The maximum Gasteiger partial charge on any atom is 0.147 e. The van der Waals surface area contributed by atoms with Gasteiger partial charge in [0.25, 0.3) is 0 Å². The topological polar surface area (TPSA) is 31.4 Å². The molecule has 118 valence electrons. The van der Waals surface area contributed by atoms with Crippen molar-refractivity contribution in [3.63, 3.8) is 0 Å². The van der Waals surface area contributed by atoms with E-state index in [0.717, 1.165) is 42.5 Å². The Morgan fingerprint density at radius 1 is 1.52 bits per heavy atom. The average molecular weight is 311 g/mol. The van der Waals surface area contributed by atoms with Gasteiger partial charge in [-0.2, -0.15) is 0 Å². The van der Waals surface area contributed by atoms with Crippen molar-refractivity contribution in [3.05, 3.63) is 22.8 Å². The Hall–Kier alpha value is -0.840. The summed E-state index contributed by atoms with van der Waals surface area (Å²) in [5, 5.41) is 4.13. The maximum absolute atomic E-state index is 6.45. The Morgan fingerprint density at radius 2 is 2.33 bits per heavy atom. The second kappa shape index (κ2) is 7.97. The SMILES string of the molecule is CCCNCc1cnc(N(C)C2CCCN(C)C2)c(Cl)c1. The summed E-state index contributed by atoms with van der Waals surface area (Å²) in [7, 11) is 4.28. The lowest BCUT2D eigenvalue weighted by Gasteiger charge is -2.36. The smallest absolute Gasteiger partial charge is 0.147 e. The summed E-state index contributed by atoms with van der Waals surface area (Å²) in [6, 6.07) is 2.54. The van der Waals surface area contributed by atoms with Gasteiger partial charge in [0, 0.05) is 32.4 Å². The zero-order valence-electron chi connectivity index (χ0n) is 13.4. The first-order valence-electron chi connectivity index (χ1n) is 7.88. The summed E-state index contributed by atoms with van der Waals surface area (Å²) in [4.78, 5) is 9.21. The molecule has 1 atom stereocenters. The van der Waals surface area contributed by atoms with E-state index >= 15 is 0 Å². The molecular weight excluding hydrogens is 284 g/mol. The van der Waals surface area contributed by atoms with Crippen molar-refractivity contribution in [3.8, 4) is 0 Å². The minimum Gasteiger partial charge on any atom is -0.354 e. The molecule has 1 saturated heterocycles. The quantitative estimate of drug-likeness (QED) is 0.819. The van der Waals surface area contributed by atoms with E-state index < -0.39 is 0 Å². The van der Waals surface area contributed by atoms with E-state index in [4.69, 9.17) is 11.6 Å². The van der Waals surface area contributed by atoms with E-state index in [9.17, 15) is 0 Å². The Balaban J connectivity index is 2.02. The van der Waals surface area contributed by atoms with Gasteiger partial charge in [-0.05, 0) is 51.0 Å². The monoisotopic (exact) mass is 310 g/mol. The molecule has 1 aromatic heterocycles. The molecule has 5 heteroatoms. The van der Waals surface area contributed by atoms with Crippen LogP contribution in [0.5, 0.6) is 0 Å². The highest BCUT2D eigenvalue weighted by Gasteiger charge is 2.23. The van der Waals surface area contributed by atoms with Crippen LogP contribution >= 0.6 is 11.6 Å². The van der Waals surface area contributed by atoms with Crippen LogP contribution in [0.4, 0.5) is 5.82 Å². The van der Waals surface area contributed by atoms with E-state index in [1.807, 2.05) is 12.3 Å². The number of likely N-dealkylation sites (N-methyl/N-ethyl adjacent to an activating group) is 2. The molecule has 1 unspecified atom stereocenters. The van der Waals surface area contributed by atoms with Crippen molar-refractivity contribution in [1.82, 2.24) is 15.2 Å². The van der Waals surface area contributed by atoms with Crippen LogP contribution in [-0.4, -0.2) is 49.7 Å². The Morgan fingerprint density at radius 3 is 3.00 bits per heavy atom. The number of rotatable bonds is 6. The van der Waals surface area contributed by atoms with E-state index in [1.54, 1.807) is 0 Å². The maximum atomic E-state index is 6.45. The van der Waals surface area contributed by atoms with Crippen LogP contribution in [0.3, 0.4) is 0 Å². The van der Waals surface area contributed by atoms with Crippen LogP contribution in [0, 0.1) is 0 Å². The number of aromatic nitrogens is 1. The number of likely N-dealkylation sites (tertiary alicyclic amines) is 1. The van der Waals surface area contributed by atoms with Gasteiger partial charge in [0.15, 0.2) is 0 Å². The fourth-order valence-corrected chi connectivity index (χ4v) is 3.19. The van der Waals surface area contributed by atoms with Crippen LogP contribution in [0.2, 0.25) is 5.02 Å². The fourth-order valence-electron chi connectivity index (χ4n) is 2.86. The van der Waals surface area contributed by atoms with Crippen molar-refractivity contribution in [2.45, 2.75) is 38.8 Å². The van der Waals surface area contributed by atoms with Crippen molar-refractivity contribution < 1.29 is 0 Å². The predicted molar refractivity (Wildman–Crippen MR) is 90.2 cm³/mol. The number of nitrogens with one attached hydrogen (secondary N) is 1. The Labute approximate surface area is 133 Å². The van der Waals surface area contributed by atoms with Crippen molar-refractivity contribution in [2.24, 2.45) is 0 Å². The second-order valence-electron chi connectivity index (χ2n) is 5.99. The third-order valence-electron chi connectivity index (χ3n) is 4.12. The van der Waals surface area contributed by atoms with Crippen molar-refractivity contribution >= 4 is 17.4 Å². The van der Waals surface area contributed by atoms with Crippen molar-refractivity contribution in [2.75, 3.05) is 38.6 Å². The van der Waals surface area contributed by atoms with Gasteiger partial charge in [0.05, 0.1) is 5.02 Å². The molecule has 0 spiro atoms. The molecule has 2 rings (SSSR count). The largest absolute Gasteiger partial charge is 0.354 e. The number of hydrogen-bond acceptors (Lipinski definition) is 4. The molecule has 0 aliphatic carbocycles. The zero-order valence-corrected chi connectivity index (χ0v) is 14.2. The highest BCUT2D eigenvalue weighted by molar-refractivity contribution is 6.33. The van der Waals surface area contributed by atoms with Crippen LogP contribution in [0.15, 0.2) is 12.3 Å². The molecular formula is C16H27ClN4. The molecule has 1 fully saturated rings. The Bertz CT molecular complexity index is 452. The van der Waals surface area contributed by atoms with Gasteiger partial charge in [-0.3, -0.25) is 0 Å². The van der Waals surface area contributed by atoms with E-state index in [0.29, 0.717) is 6.04 Å². The third-order valence-corrected chi connectivity index (χ3v) is 4.39. The number of pyridine rings is 1. The van der Waals surface area contributed by atoms with Gasteiger partial charge in [0.2, 0.25) is 0 Å². The molecule has 21 heavy (non-hydrogen) atoms. The van der Waals surface area contributed by atoms with Gasteiger partial charge in [-0.15, -0.1) is 0 Å². The normalized spacial score (nSPS) is 19.7. The molecule has 0 radical (unpaired) electrons. The number of piperidine rings is 1. The molecule has 2 heterocycles. The van der Waals surface area contributed by atoms with Gasteiger partial charge in [-0.25, -0.2) is 4.98 Å². The predicted octanol–water partition coefficient (Wildman–Crippen LogP) is 2.77. The summed E-state index contributed by atoms with van der Waals surface area (Å²) >= 11 is 6.45. The molecule has 4 nitrogen and oxygen atoms in total. The molecule has 1 aliphatic rings. The average Bonchev–Trinajstić information content (AvgIpc) is 2.47. The molecule has 1 N–H and O–H groups in total. The minimum absolute atomic E-state index is 0.498. The number of nitrogens with zero attached hydrogens (tertiary/aromatic N) is 3. The summed E-state index contributed by atoms with van der Waals surface area (Å²) in [5.74, 6) is 0.899. The second-order valence-corrected chi connectivity index (χ2v) is 6.40. The standard InChI is InChI=1S/C16H27ClN4/c1-4-7-18-10-13-9-15(17)16(19-11-13)21(3)14-6-5-8-20(2)12-14/h9,11,14,18H,4-8,10,12H2,1-3H3. The highest BCUT2D eigenvalue weighted by Crippen LogP contribution is 2.27. The van der Waals surface area contributed by atoms with Gasteiger partial charge in [-0.1, -0.05) is 18.5 Å². The fraction of sp³-hybridized carbons (Fsp3) is 0.688. The lowest BCUT2D eigenvalue weighted by Crippen LogP contribution is -2.45. The number of anilines is 1. The first-order valence-corrected chi connectivity index (χ1v) is 8.26. The first-order chi connectivity index (χ1) is 10.1. The number of halogens is 1. The summed E-state index contributed by atoms with van der Waals surface area (Å²) in [5.41, 5.74) is 1.14. The third kappa shape index (κ3) is 4.56. The summed E-state index contributed by atoms with van der Waals surface area (Å²) in [6.07, 6.45) is 5.52. The first kappa shape index (κ1) is 16.5. The molecule has 1 aromatic rings. The van der Waals surface area contributed by atoms with Crippen LogP contribution < -0.4 is 10.2 Å². The van der Waals surface area contributed by atoms with Crippen LogP contribution in [-0.2, 0) is 6.54 Å². The van der Waals surface area contributed by atoms with Crippen LogP contribution in [0.25, 0.3) is 0 Å². The lowest BCUT2D eigenvalue weighted by molar-refractivity contribution is 0.247. The van der Waals surface area contributed by atoms with E-state index in [-0.39, 0.29) is 0 Å². The molecule has 1 aliphatic heterocycles. The lowest BCUT2D eigenvalue weighted by atomic mass is 10.1. The van der Waals surface area contributed by atoms with Crippen LogP contribution in [0.1, 0.15) is 31.7 Å². The molecule has 0 amide bonds. The highest BCUT2D eigenvalue weighted by atomic mass is 35.5. The van der Waals surface area contributed by atoms with E-state index in [2.05, 4.69) is 41.1 Å². The van der Waals surface area contributed by atoms with E-state index in [1.165, 1.54) is 19.4 Å². The number of hydrogen-bond donors (Lipinski definition) is 1. The minimum atomic E-state index is 0.498. The summed E-state index contributed by atoms with van der Waals surface area (Å²) < 4.78 is 0. The molecule has 0 aromatic carbocycles. The van der Waals surface area contributed by atoms with Crippen molar-refractivity contribution in [1.29, 1.82) is 0 Å². The van der Waals surface area contributed by atoms with Gasteiger partial charge in [0.1, 0.15) is 5.82 Å². The van der Waals surface area contributed by atoms with Gasteiger partial charge < -0.3 is 15.1 Å². The summed E-state index contributed by atoms with van der Waals surface area (Å²) in [6.45, 7) is 6.28. The zero-order chi connectivity index (χ0) is 15.2. The molecule has 0 bridgehead atoms. The van der Waals surface area contributed by atoms with Gasteiger partial charge >= 0.3 is 0 Å². The Kier molecular flexibility index (Phi) is 6.27.